The molecule has 1 saturated heterocycles. The van der Waals surface area contributed by atoms with Crippen LogP contribution >= 0.6 is 0 Å². The monoisotopic (exact) mass is 245 g/mol. The van der Waals surface area contributed by atoms with Crippen LogP contribution < -0.4 is 5.73 Å². The molecule has 2 atom stereocenters. The summed E-state index contributed by atoms with van der Waals surface area (Å²) in [5, 5.41) is 7.47. The molecule has 0 aliphatic carbocycles. The summed E-state index contributed by atoms with van der Waals surface area (Å²) < 4.78 is 0. The lowest BCUT2D eigenvalue weighted by Crippen LogP contribution is -2.37. The molecule has 0 radical (unpaired) electrons. The van der Waals surface area contributed by atoms with Crippen LogP contribution in [0.5, 0.6) is 0 Å². The van der Waals surface area contributed by atoms with Crippen LogP contribution in [0.1, 0.15) is 31.4 Å². The van der Waals surface area contributed by atoms with Gasteiger partial charge >= 0.3 is 0 Å². The predicted molar refractivity (Wildman–Crippen MR) is 75.7 cm³/mol. The quantitative estimate of drug-likeness (QED) is 0.635. The van der Waals surface area contributed by atoms with Crippen molar-refractivity contribution >= 4 is 5.84 Å². The number of hydrogen-bond donors (Lipinski definition) is 2. The van der Waals surface area contributed by atoms with Gasteiger partial charge in [0.1, 0.15) is 5.84 Å². The SMILES string of the molecule is CC1CCN(Cc2cccc(C(=N)N)c2)CC1C. The van der Waals surface area contributed by atoms with Gasteiger partial charge in [0.15, 0.2) is 0 Å². The Bertz CT molecular complexity index is 428. The van der Waals surface area contributed by atoms with E-state index in [-0.39, 0.29) is 5.84 Å². The number of rotatable bonds is 3. The van der Waals surface area contributed by atoms with E-state index in [1.807, 2.05) is 18.2 Å². The summed E-state index contributed by atoms with van der Waals surface area (Å²) in [6.45, 7) is 8.00. The average molecular weight is 245 g/mol. The summed E-state index contributed by atoms with van der Waals surface area (Å²) in [6.07, 6.45) is 1.29. The van der Waals surface area contributed by atoms with E-state index < -0.39 is 0 Å². The van der Waals surface area contributed by atoms with Crippen molar-refractivity contribution in [2.45, 2.75) is 26.8 Å². The fraction of sp³-hybridized carbons (Fsp3) is 0.533. The predicted octanol–water partition coefficient (Wildman–Crippen LogP) is 2.45. The Morgan fingerprint density at radius 1 is 1.39 bits per heavy atom. The molecule has 18 heavy (non-hydrogen) atoms. The van der Waals surface area contributed by atoms with Crippen LogP contribution in [-0.2, 0) is 6.54 Å². The Balaban J connectivity index is 2.01. The topological polar surface area (TPSA) is 53.1 Å². The maximum Gasteiger partial charge on any atom is 0.122 e. The summed E-state index contributed by atoms with van der Waals surface area (Å²) in [4.78, 5) is 2.50. The molecule has 0 saturated carbocycles. The molecule has 1 fully saturated rings. The first-order valence-corrected chi connectivity index (χ1v) is 6.72. The minimum atomic E-state index is 0.150. The van der Waals surface area contributed by atoms with Gasteiger partial charge in [-0.25, -0.2) is 0 Å². The number of amidine groups is 1. The van der Waals surface area contributed by atoms with Crippen molar-refractivity contribution in [2.75, 3.05) is 13.1 Å². The lowest BCUT2D eigenvalue weighted by molar-refractivity contribution is 0.132. The summed E-state index contributed by atoms with van der Waals surface area (Å²) in [6, 6.07) is 8.04. The van der Waals surface area contributed by atoms with Crippen molar-refractivity contribution in [3.8, 4) is 0 Å². The molecule has 0 bridgehead atoms. The second-order valence-corrected chi connectivity index (χ2v) is 5.59. The van der Waals surface area contributed by atoms with Crippen LogP contribution in [0.2, 0.25) is 0 Å². The molecule has 1 aliphatic rings. The standard InChI is InChI=1S/C15H23N3/c1-11-6-7-18(9-12(11)2)10-13-4-3-5-14(8-13)15(16)17/h3-5,8,11-12H,6-7,9-10H2,1-2H3,(H3,16,17). The summed E-state index contributed by atoms with van der Waals surface area (Å²) in [5.41, 5.74) is 7.60. The van der Waals surface area contributed by atoms with E-state index in [2.05, 4.69) is 24.8 Å². The third kappa shape index (κ3) is 3.10. The van der Waals surface area contributed by atoms with Gasteiger partial charge in [-0.15, -0.1) is 0 Å². The Labute approximate surface area is 109 Å². The number of benzene rings is 1. The number of nitrogens with zero attached hydrogens (tertiary/aromatic N) is 1. The van der Waals surface area contributed by atoms with Crippen LogP contribution in [0.15, 0.2) is 24.3 Å². The van der Waals surface area contributed by atoms with Gasteiger partial charge in [0.25, 0.3) is 0 Å². The highest BCUT2D eigenvalue weighted by atomic mass is 15.1. The third-order valence-electron chi connectivity index (χ3n) is 4.06. The average Bonchev–Trinajstić information content (AvgIpc) is 2.34. The largest absolute Gasteiger partial charge is 0.384 e. The molecular formula is C15H23N3. The van der Waals surface area contributed by atoms with Gasteiger partial charge in [-0.05, 0) is 36.4 Å². The molecule has 3 N–H and O–H groups in total. The first-order chi connectivity index (χ1) is 8.56. The fourth-order valence-electron chi connectivity index (χ4n) is 2.59. The maximum absolute atomic E-state index is 7.47. The van der Waals surface area contributed by atoms with Crippen LogP contribution in [0, 0.1) is 17.2 Å². The number of hydrogen-bond acceptors (Lipinski definition) is 2. The van der Waals surface area contributed by atoms with Gasteiger partial charge < -0.3 is 5.73 Å². The summed E-state index contributed by atoms with van der Waals surface area (Å²) in [5.74, 6) is 1.76. The summed E-state index contributed by atoms with van der Waals surface area (Å²) >= 11 is 0. The molecule has 2 unspecified atom stereocenters. The zero-order chi connectivity index (χ0) is 13.1. The van der Waals surface area contributed by atoms with Crippen LogP contribution in [-0.4, -0.2) is 23.8 Å². The van der Waals surface area contributed by atoms with Crippen LogP contribution in [0.3, 0.4) is 0 Å². The molecule has 0 aromatic heterocycles. The van der Waals surface area contributed by atoms with Crippen molar-refractivity contribution in [2.24, 2.45) is 17.6 Å². The zero-order valence-corrected chi connectivity index (χ0v) is 11.3. The second-order valence-electron chi connectivity index (χ2n) is 5.59. The highest BCUT2D eigenvalue weighted by molar-refractivity contribution is 5.95. The van der Waals surface area contributed by atoms with Gasteiger partial charge in [-0.1, -0.05) is 32.0 Å². The number of likely N-dealkylation sites (tertiary alicyclic amines) is 1. The third-order valence-corrected chi connectivity index (χ3v) is 4.06. The second kappa shape index (κ2) is 5.53. The van der Waals surface area contributed by atoms with E-state index in [0.717, 1.165) is 23.9 Å². The van der Waals surface area contributed by atoms with Gasteiger partial charge in [0.05, 0.1) is 0 Å². The van der Waals surface area contributed by atoms with Gasteiger partial charge in [0.2, 0.25) is 0 Å². The normalized spacial score (nSPS) is 25.0. The molecule has 3 heteroatoms. The first-order valence-electron chi connectivity index (χ1n) is 6.72. The molecule has 3 nitrogen and oxygen atoms in total. The van der Waals surface area contributed by atoms with Crippen LogP contribution in [0.25, 0.3) is 0 Å². The molecule has 2 rings (SSSR count). The van der Waals surface area contributed by atoms with Gasteiger partial charge in [-0.3, -0.25) is 10.3 Å². The van der Waals surface area contributed by atoms with E-state index in [0.29, 0.717) is 0 Å². The molecule has 1 aromatic carbocycles. The Kier molecular flexibility index (Phi) is 4.02. The van der Waals surface area contributed by atoms with E-state index in [1.54, 1.807) is 0 Å². The fourth-order valence-corrected chi connectivity index (χ4v) is 2.59. The highest BCUT2D eigenvalue weighted by Crippen LogP contribution is 2.23. The Morgan fingerprint density at radius 3 is 2.83 bits per heavy atom. The van der Waals surface area contributed by atoms with Crippen molar-refractivity contribution in [1.82, 2.24) is 4.90 Å². The first kappa shape index (κ1) is 13.1. The Morgan fingerprint density at radius 2 is 2.17 bits per heavy atom. The zero-order valence-electron chi connectivity index (χ0n) is 11.3. The van der Waals surface area contributed by atoms with Gasteiger partial charge in [-0.2, -0.15) is 0 Å². The van der Waals surface area contributed by atoms with Crippen molar-refractivity contribution < 1.29 is 0 Å². The van der Waals surface area contributed by atoms with E-state index in [4.69, 9.17) is 11.1 Å². The maximum atomic E-state index is 7.47. The molecule has 98 valence electrons. The number of nitrogens with one attached hydrogen (secondary N) is 1. The molecule has 1 aliphatic heterocycles. The minimum Gasteiger partial charge on any atom is -0.384 e. The molecule has 0 spiro atoms. The smallest absolute Gasteiger partial charge is 0.122 e. The summed E-state index contributed by atoms with van der Waals surface area (Å²) in [7, 11) is 0. The molecular weight excluding hydrogens is 222 g/mol. The molecule has 0 amide bonds. The Hall–Kier alpha value is -1.35. The van der Waals surface area contributed by atoms with Gasteiger partial charge in [0, 0.05) is 18.7 Å². The minimum absolute atomic E-state index is 0.150. The lowest BCUT2D eigenvalue weighted by Gasteiger charge is -2.35. The van der Waals surface area contributed by atoms with Crippen molar-refractivity contribution in [3.05, 3.63) is 35.4 Å². The molecule has 1 heterocycles. The number of piperidine rings is 1. The van der Waals surface area contributed by atoms with E-state index >= 15 is 0 Å². The highest BCUT2D eigenvalue weighted by Gasteiger charge is 2.22. The van der Waals surface area contributed by atoms with Crippen molar-refractivity contribution in [1.29, 1.82) is 5.41 Å². The molecule has 1 aromatic rings. The number of nitrogens with two attached hydrogens (primary N) is 1. The van der Waals surface area contributed by atoms with E-state index in [1.165, 1.54) is 25.1 Å². The van der Waals surface area contributed by atoms with Crippen LogP contribution in [0.4, 0.5) is 0 Å². The lowest BCUT2D eigenvalue weighted by atomic mass is 9.88. The van der Waals surface area contributed by atoms with E-state index in [9.17, 15) is 0 Å². The number of nitrogen functional groups attached to an aromatic ring is 1. The van der Waals surface area contributed by atoms with Crippen molar-refractivity contribution in [3.63, 3.8) is 0 Å².